The Bertz CT molecular complexity index is 258. The van der Waals surface area contributed by atoms with Crippen LogP contribution in [0, 0.1) is 6.92 Å². The van der Waals surface area contributed by atoms with Gasteiger partial charge in [0.05, 0.1) is 0 Å². The van der Waals surface area contributed by atoms with Crippen molar-refractivity contribution in [3.05, 3.63) is 23.8 Å². The first-order valence-electron chi connectivity index (χ1n) is 3.24. The molecule has 0 aliphatic carbocycles. The van der Waals surface area contributed by atoms with Crippen LogP contribution in [-0.4, -0.2) is 15.9 Å². The molecule has 1 N–H and O–H groups in total. The highest BCUT2D eigenvalue weighted by molar-refractivity contribution is 7.90. The van der Waals surface area contributed by atoms with Gasteiger partial charge in [0.15, 0.2) is 4.90 Å². The summed E-state index contributed by atoms with van der Waals surface area (Å²) >= 11 is -0.959. The maximum atomic E-state index is 10.9. The Hall–Kier alpha value is -0.670. The largest absolute Gasteiger partial charge is 0.612 e. The second kappa shape index (κ2) is 3.15. The van der Waals surface area contributed by atoms with Crippen molar-refractivity contribution in [2.24, 2.45) is 0 Å². The molecule has 0 amide bonds. The van der Waals surface area contributed by atoms with Crippen LogP contribution in [0.15, 0.2) is 23.1 Å². The van der Waals surface area contributed by atoms with Crippen molar-refractivity contribution in [1.82, 2.24) is 0 Å². The molecule has 1 aromatic carbocycles. The van der Waals surface area contributed by atoms with E-state index in [1.807, 2.05) is 0 Å². The van der Waals surface area contributed by atoms with Crippen LogP contribution in [-0.2, 0) is 11.2 Å². The molecule has 2 nitrogen and oxygen atoms in total. The summed E-state index contributed by atoms with van der Waals surface area (Å²) in [5, 5.41) is 9.13. The Kier molecular flexibility index (Phi) is 2.42. The molecular weight excluding hydrogens is 160 g/mol. The number of hydrogen-bond donors (Lipinski definition) is 1. The Morgan fingerprint density at radius 2 is 2.09 bits per heavy atom. The number of rotatable bonds is 1. The Morgan fingerprint density at radius 1 is 1.45 bits per heavy atom. The first-order valence-corrected chi connectivity index (χ1v) is 4.80. The monoisotopic (exact) mass is 170 g/mol. The lowest BCUT2D eigenvalue weighted by Gasteiger charge is -2.05. The summed E-state index contributed by atoms with van der Waals surface area (Å²) in [6, 6.07) is 4.95. The van der Waals surface area contributed by atoms with Crippen LogP contribution in [0.1, 0.15) is 5.56 Å². The summed E-state index contributed by atoms with van der Waals surface area (Å²) in [6.07, 6.45) is 1.62. The maximum Gasteiger partial charge on any atom is 0.152 e. The third kappa shape index (κ3) is 1.88. The van der Waals surface area contributed by atoms with Crippen molar-refractivity contribution >= 4 is 11.2 Å². The lowest BCUT2D eigenvalue weighted by molar-refractivity contribution is 0.470. The van der Waals surface area contributed by atoms with Crippen LogP contribution in [0.3, 0.4) is 0 Å². The van der Waals surface area contributed by atoms with Crippen LogP contribution in [0.5, 0.6) is 5.75 Å². The summed E-state index contributed by atoms with van der Waals surface area (Å²) < 4.78 is 10.9. The Labute approximate surface area is 69.0 Å². The summed E-state index contributed by atoms with van der Waals surface area (Å²) in [5.41, 5.74) is 0.762. The van der Waals surface area contributed by atoms with E-state index in [2.05, 4.69) is 0 Å². The standard InChI is InChI=1S/C8H10O2S/c1-6-5-7(11(2)10)3-4-8(6)9/h3-5,9H,1-2H3. The fraction of sp³-hybridized carbons (Fsp3) is 0.250. The lowest BCUT2D eigenvalue weighted by Crippen LogP contribution is -1.96. The van der Waals surface area contributed by atoms with E-state index in [9.17, 15) is 4.55 Å². The van der Waals surface area contributed by atoms with E-state index in [0.29, 0.717) is 0 Å². The average molecular weight is 170 g/mol. The van der Waals surface area contributed by atoms with Gasteiger partial charge in [-0.3, -0.25) is 0 Å². The zero-order valence-corrected chi connectivity index (χ0v) is 7.31. The smallest absolute Gasteiger partial charge is 0.152 e. The zero-order valence-electron chi connectivity index (χ0n) is 6.50. The minimum atomic E-state index is -0.959. The number of aromatic hydroxyl groups is 1. The minimum Gasteiger partial charge on any atom is -0.612 e. The molecule has 11 heavy (non-hydrogen) atoms. The number of phenolic OH excluding ortho intramolecular Hbond substituents is 1. The van der Waals surface area contributed by atoms with Crippen LogP contribution >= 0.6 is 0 Å². The first kappa shape index (κ1) is 8.43. The SMILES string of the molecule is Cc1cc([S+](C)[O-])ccc1O. The van der Waals surface area contributed by atoms with Crippen molar-refractivity contribution in [3.63, 3.8) is 0 Å². The highest BCUT2D eigenvalue weighted by atomic mass is 32.2. The Balaban J connectivity index is 3.05. The third-order valence-corrected chi connectivity index (χ3v) is 2.42. The van der Waals surface area contributed by atoms with Crippen molar-refractivity contribution < 1.29 is 9.66 Å². The number of phenols is 1. The van der Waals surface area contributed by atoms with Gasteiger partial charge in [-0.05, 0) is 41.9 Å². The second-order valence-corrected chi connectivity index (χ2v) is 3.78. The molecule has 1 rings (SSSR count). The molecule has 0 fully saturated rings. The van der Waals surface area contributed by atoms with E-state index in [-0.39, 0.29) is 5.75 Å². The topological polar surface area (TPSA) is 43.3 Å². The summed E-state index contributed by atoms with van der Waals surface area (Å²) in [6.45, 7) is 1.78. The van der Waals surface area contributed by atoms with E-state index in [0.717, 1.165) is 10.5 Å². The highest BCUT2D eigenvalue weighted by Crippen LogP contribution is 2.19. The fourth-order valence-corrected chi connectivity index (χ4v) is 1.41. The highest BCUT2D eigenvalue weighted by Gasteiger charge is 2.05. The van der Waals surface area contributed by atoms with Gasteiger partial charge >= 0.3 is 0 Å². The quantitative estimate of drug-likeness (QED) is 0.648. The second-order valence-electron chi connectivity index (χ2n) is 2.40. The van der Waals surface area contributed by atoms with Gasteiger partial charge in [-0.15, -0.1) is 0 Å². The van der Waals surface area contributed by atoms with Crippen LogP contribution in [0.4, 0.5) is 0 Å². The Morgan fingerprint density at radius 3 is 2.55 bits per heavy atom. The van der Waals surface area contributed by atoms with Crippen molar-refractivity contribution in [2.45, 2.75) is 11.8 Å². The van der Waals surface area contributed by atoms with Crippen molar-refractivity contribution in [1.29, 1.82) is 0 Å². The molecule has 1 aromatic rings. The predicted octanol–water partition coefficient (Wildman–Crippen LogP) is 1.44. The number of aryl methyl sites for hydroxylation is 1. The van der Waals surface area contributed by atoms with Gasteiger partial charge in [-0.25, -0.2) is 0 Å². The van der Waals surface area contributed by atoms with Gasteiger partial charge in [-0.2, -0.15) is 0 Å². The normalized spacial score (nSPS) is 13.0. The van der Waals surface area contributed by atoms with E-state index in [1.165, 1.54) is 0 Å². The number of hydrogen-bond acceptors (Lipinski definition) is 2. The predicted molar refractivity (Wildman–Crippen MR) is 45.2 cm³/mol. The summed E-state index contributed by atoms with van der Waals surface area (Å²) in [5.74, 6) is 0.249. The van der Waals surface area contributed by atoms with Gasteiger partial charge in [-0.1, -0.05) is 0 Å². The van der Waals surface area contributed by atoms with Crippen molar-refractivity contribution in [3.8, 4) is 5.75 Å². The molecule has 0 bridgehead atoms. The summed E-state index contributed by atoms with van der Waals surface area (Å²) in [7, 11) is 0. The van der Waals surface area contributed by atoms with Gasteiger partial charge in [0.25, 0.3) is 0 Å². The lowest BCUT2D eigenvalue weighted by atomic mass is 10.2. The molecule has 0 saturated heterocycles. The molecule has 0 heterocycles. The van der Waals surface area contributed by atoms with Crippen LogP contribution in [0.25, 0.3) is 0 Å². The number of benzene rings is 1. The van der Waals surface area contributed by atoms with Gasteiger partial charge in [0, 0.05) is 0 Å². The van der Waals surface area contributed by atoms with Gasteiger partial charge in [0.2, 0.25) is 0 Å². The molecule has 0 saturated carbocycles. The minimum absolute atomic E-state index is 0.249. The van der Waals surface area contributed by atoms with Crippen molar-refractivity contribution in [2.75, 3.05) is 6.26 Å². The molecule has 0 spiro atoms. The average Bonchev–Trinajstić information content (AvgIpc) is 1.94. The molecule has 0 radical (unpaired) electrons. The van der Waals surface area contributed by atoms with Gasteiger partial charge in [0.1, 0.15) is 12.0 Å². The molecule has 1 unspecified atom stereocenters. The van der Waals surface area contributed by atoms with Crippen LogP contribution < -0.4 is 0 Å². The maximum absolute atomic E-state index is 10.9. The van der Waals surface area contributed by atoms with Crippen LogP contribution in [0.2, 0.25) is 0 Å². The molecule has 60 valence electrons. The van der Waals surface area contributed by atoms with E-state index >= 15 is 0 Å². The van der Waals surface area contributed by atoms with E-state index < -0.39 is 11.2 Å². The zero-order chi connectivity index (χ0) is 8.43. The van der Waals surface area contributed by atoms with E-state index in [1.54, 1.807) is 31.4 Å². The molecule has 3 heteroatoms. The molecule has 0 aromatic heterocycles. The molecular formula is C8H10O2S. The fourth-order valence-electron chi connectivity index (χ4n) is 0.807. The van der Waals surface area contributed by atoms with Gasteiger partial charge < -0.3 is 9.66 Å². The molecule has 1 atom stereocenters. The third-order valence-electron chi connectivity index (χ3n) is 1.50. The summed E-state index contributed by atoms with van der Waals surface area (Å²) in [4.78, 5) is 0.750. The molecule has 0 aliphatic heterocycles. The van der Waals surface area contributed by atoms with E-state index in [4.69, 9.17) is 5.11 Å². The first-order chi connectivity index (χ1) is 5.11. The molecule has 0 aliphatic rings.